The summed E-state index contributed by atoms with van der Waals surface area (Å²) in [5, 5.41) is 12.6. The lowest BCUT2D eigenvalue weighted by Crippen LogP contribution is -2.42. The first-order valence-corrected chi connectivity index (χ1v) is 13.7. The summed E-state index contributed by atoms with van der Waals surface area (Å²) < 4.78 is 1.79. The van der Waals surface area contributed by atoms with Gasteiger partial charge in [-0.2, -0.15) is 16.4 Å². The van der Waals surface area contributed by atoms with Crippen molar-refractivity contribution in [2.45, 2.75) is 44.8 Å². The summed E-state index contributed by atoms with van der Waals surface area (Å²) in [7, 11) is 0. The maximum Gasteiger partial charge on any atom is 0.240 e. The Morgan fingerprint density at radius 3 is 2.74 bits per heavy atom. The molecule has 0 aliphatic carbocycles. The molecule has 0 unspecified atom stereocenters. The van der Waals surface area contributed by atoms with Crippen LogP contribution in [-0.4, -0.2) is 40.4 Å². The Morgan fingerprint density at radius 2 is 2.09 bits per heavy atom. The molecule has 0 saturated carbocycles. The minimum atomic E-state index is -0.285. The van der Waals surface area contributed by atoms with Gasteiger partial charge in [-0.15, -0.1) is 11.8 Å². The third-order valence-electron chi connectivity index (χ3n) is 5.57. The van der Waals surface area contributed by atoms with Crippen LogP contribution in [0.3, 0.4) is 0 Å². The van der Waals surface area contributed by atoms with Crippen LogP contribution in [0.2, 0.25) is 5.02 Å². The molecule has 2 amide bonds. The minimum Gasteiger partial charge on any atom is -0.355 e. The predicted molar refractivity (Wildman–Crippen MR) is 142 cm³/mol. The van der Waals surface area contributed by atoms with Gasteiger partial charge in [0.25, 0.3) is 0 Å². The molecule has 1 N–H and O–H groups in total. The summed E-state index contributed by atoms with van der Waals surface area (Å²) in [6.45, 7) is 8.88. The number of nitrogens with one attached hydrogen (secondary N) is 1. The quantitative estimate of drug-likeness (QED) is 0.464. The van der Waals surface area contributed by atoms with Gasteiger partial charge in [0.15, 0.2) is 0 Å². The van der Waals surface area contributed by atoms with Crippen molar-refractivity contribution in [2.75, 3.05) is 23.7 Å². The van der Waals surface area contributed by atoms with E-state index in [1.165, 1.54) is 0 Å². The molecule has 1 aliphatic heterocycles. The molecule has 180 valence electrons. The highest BCUT2D eigenvalue weighted by Gasteiger charge is 2.40. The predicted octanol–water partition coefficient (Wildman–Crippen LogP) is 5.58. The molecule has 1 aromatic carbocycles. The third-order valence-corrected chi connectivity index (χ3v) is 7.76. The van der Waals surface area contributed by atoms with E-state index in [2.05, 4.69) is 42.9 Å². The third kappa shape index (κ3) is 5.04. The van der Waals surface area contributed by atoms with Crippen LogP contribution in [0.4, 0.5) is 5.82 Å². The zero-order chi connectivity index (χ0) is 24.5. The molecule has 2 aromatic heterocycles. The topological polar surface area (TPSA) is 67.2 Å². The van der Waals surface area contributed by atoms with E-state index in [4.69, 9.17) is 16.7 Å². The second-order valence-electron chi connectivity index (χ2n) is 9.31. The van der Waals surface area contributed by atoms with Gasteiger partial charge < -0.3 is 5.32 Å². The average molecular weight is 517 g/mol. The molecule has 34 heavy (non-hydrogen) atoms. The highest BCUT2D eigenvalue weighted by molar-refractivity contribution is 8.00. The number of anilines is 1. The van der Waals surface area contributed by atoms with Gasteiger partial charge in [0.2, 0.25) is 11.8 Å². The normalized spacial score (nSPS) is 16.3. The second-order valence-corrected chi connectivity index (χ2v) is 11.6. The lowest BCUT2D eigenvalue weighted by molar-refractivity contribution is -0.122. The van der Waals surface area contributed by atoms with Gasteiger partial charge in [0.1, 0.15) is 12.4 Å². The number of benzene rings is 1. The van der Waals surface area contributed by atoms with Crippen molar-refractivity contribution in [3.63, 3.8) is 0 Å². The van der Waals surface area contributed by atoms with Crippen molar-refractivity contribution in [1.29, 1.82) is 0 Å². The van der Waals surface area contributed by atoms with Crippen LogP contribution in [0.15, 0.2) is 41.1 Å². The molecule has 1 aliphatic rings. The number of halogens is 1. The van der Waals surface area contributed by atoms with E-state index in [-0.39, 0.29) is 34.8 Å². The van der Waals surface area contributed by atoms with Crippen LogP contribution in [0.1, 0.15) is 56.2 Å². The lowest BCUT2D eigenvalue weighted by Gasteiger charge is -2.24. The monoisotopic (exact) mass is 516 g/mol. The first-order chi connectivity index (χ1) is 16.2. The lowest BCUT2D eigenvalue weighted by atomic mass is 9.87. The van der Waals surface area contributed by atoms with Gasteiger partial charge in [-0.1, -0.05) is 45.4 Å². The van der Waals surface area contributed by atoms with Gasteiger partial charge in [-0.05, 0) is 47.0 Å². The molecule has 4 rings (SSSR count). The van der Waals surface area contributed by atoms with Gasteiger partial charge >= 0.3 is 0 Å². The van der Waals surface area contributed by atoms with Crippen LogP contribution >= 0.6 is 34.7 Å². The number of nitrogens with zero attached hydrogens (tertiary/aromatic N) is 3. The fourth-order valence-corrected chi connectivity index (χ4v) is 6.16. The molecular weight excluding hydrogens is 488 g/mol. The molecule has 9 heteroatoms. The van der Waals surface area contributed by atoms with Gasteiger partial charge in [-0.3, -0.25) is 14.5 Å². The van der Waals surface area contributed by atoms with Crippen LogP contribution in [0, 0.1) is 0 Å². The van der Waals surface area contributed by atoms with E-state index in [0.29, 0.717) is 17.4 Å². The molecule has 0 radical (unpaired) electrons. The molecule has 0 spiro atoms. The maximum absolute atomic E-state index is 13.5. The second kappa shape index (κ2) is 10.1. The van der Waals surface area contributed by atoms with Crippen molar-refractivity contribution < 1.29 is 9.59 Å². The molecule has 1 atom stereocenters. The van der Waals surface area contributed by atoms with Crippen molar-refractivity contribution in [3.05, 3.63) is 62.9 Å². The largest absolute Gasteiger partial charge is 0.355 e. The molecule has 3 aromatic rings. The molecular formula is C25H29ClN4O2S2. The number of carbonyl (C=O) groups excluding carboxylic acids is 2. The Hall–Kier alpha value is -2.29. The Labute approximate surface area is 213 Å². The fraction of sp³-hybridized carbons (Fsp3) is 0.400. The van der Waals surface area contributed by atoms with Crippen LogP contribution in [0.25, 0.3) is 5.69 Å². The smallest absolute Gasteiger partial charge is 0.240 e. The number of thiophene rings is 1. The molecule has 3 heterocycles. The maximum atomic E-state index is 13.5. The zero-order valence-electron chi connectivity index (χ0n) is 19.8. The minimum absolute atomic E-state index is 0.0570. The van der Waals surface area contributed by atoms with Crippen LogP contribution in [0.5, 0.6) is 0 Å². The number of hydrogen-bond donors (Lipinski definition) is 1. The first-order valence-electron chi connectivity index (χ1n) is 11.3. The van der Waals surface area contributed by atoms with Crippen molar-refractivity contribution in [3.8, 4) is 5.69 Å². The van der Waals surface area contributed by atoms with Gasteiger partial charge in [0, 0.05) is 22.5 Å². The van der Waals surface area contributed by atoms with Gasteiger partial charge in [0.05, 0.1) is 22.4 Å². The Kier molecular flexibility index (Phi) is 7.40. The number of aromatic nitrogens is 2. The summed E-state index contributed by atoms with van der Waals surface area (Å²) in [5.74, 6) is 0.621. The molecule has 0 saturated heterocycles. The number of thioether (sulfide) groups is 1. The average Bonchev–Trinajstić information content (AvgIpc) is 3.42. The SMILES string of the molecule is CCCNC(=O)CN1C(=O)CS[C@@H](c2ccsc2)c2c(C(C)(C)C)nn(-c3cccc(Cl)c3)c21. The molecule has 6 nitrogen and oxygen atoms in total. The van der Waals surface area contributed by atoms with Gasteiger partial charge in [-0.25, -0.2) is 4.68 Å². The van der Waals surface area contributed by atoms with E-state index in [0.717, 1.165) is 28.9 Å². The van der Waals surface area contributed by atoms with Crippen molar-refractivity contribution >= 4 is 52.3 Å². The summed E-state index contributed by atoms with van der Waals surface area (Å²) in [4.78, 5) is 27.9. The van der Waals surface area contributed by atoms with E-state index < -0.39 is 0 Å². The number of hydrogen-bond acceptors (Lipinski definition) is 5. The fourth-order valence-electron chi connectivity index (χ4n) is 4.01. The van der Waals surface area contributed by atoms with E-state index >= 15 is 0 Å². The Balaban J connectivity index is 1.98. The summed E-state index contributed by atoms with van der Waals surface area (Å²) >= 11 is 9.56. The number of rotatable bonds is 6. The number of fused-ring (bicyclic) bond motifs is 1. The van der Waals surface area contributed by atoms with E-state index in [1.54, 1.807) is 32.7 Å². The highest BCUT2D eigenvalue weighted by Crippen LogP contribution is 2.48. The number of carbonyl (C=O) groups is 2. The van der Waals surface area contributed by atoms with E-state index in [9.17, 15) is 9.59 Å². The van der Waals surface area contributed by atoms with Crippen LogP contribution in [-0.2, 0) is 15.0 Å². The standard InChI is InChI=1S/C25H29ClN4O2S2/c1-5-10-27-19(31)13-29-20(32)15-34-22(16-9-11-33-14-16)21-23(25(2,3)4)28-30(24(21)29)18-8-6-7-17(26)12-18/h6-9,11-12,14,22H,5,10,13,15H2,1-4H3,(H,27,31)/t22-/m0/s1. The highest BCUT2D eigenvalue weighted by atomic mass is 35.5. The zero-order valence-corrected chi connectivity index (χ0v) is 22.2. The summed E-state index contributed by atoms with van der Waals surface area (Å²) in [5.41, 5.74) is 3.48. The molecule has 0 bridgehead atoms. The van der Waals surface area contributed by atoms with Crippen molar-refractivity contribution in [2.24, 2.45) is 0 Å². The molecule has 0 fully saturated rings. The summed E-state index contributed by atoms with van der Waals surface area (Å²) in [6.07, 6.45) is 0.829. The Bertz CT molecular complexity index is 1180. The summed E-state index contributed by atoms with van der Waals surface area (Å²) in [6, 6.07) is 9.53. The number of amides is 2. The van der Waals surface area contributed by atoms with Crippen molar-refractivity contribution in [1.82, 2.24) is 15.1 Å². The van der Waals surface area contributed by atoms with E-state index in [1.807, 2.05) is 31.2 Å². The Morgan fingerprint density at radius 1 is 1.29 bits per heavy atom. The first kappa shape index (κ1) is 24.8. The van der Waals surface area contributed by atoms with Crippen LogP contribution < -0.4 is 10.2 Å².